The van der Waals surface area contributed by atoms with Gasteiger partial charge in [0.2, 0.25) is 0 Å². The summed E-state index contributed by atoms with van der Waals surface area (Å²) in [4.78, 5) is 1.21. The van der Waals surface area contributed by atoms with Crippen molar-refractivity contribution in [2.75, 3.05) is 13.7 Å². The van der Waals surface area contributed by atoms with Crippen molar-refractivity contribution < 1.29 is 4.74 Å². The summed E-state index contributed by atoms with van der Waals surface area (Å²) in [7, 11) is 1.69. The predicted octanol–water partition coefficient (Wildman–Crippen LogP) is 5.93. The Labute approximate surface area is 151 Å². The number of nitrogens with zero attached hydrogens (tertiary/aromatic N) is 1. The minimum Gasteiger partial charge on any atom is -0.497 e. The van der Waals surface area contributed by atoms with E-state index in [0.717, 1.165) is 29.7 Å². The van der Waals surface area contributed by atoms with E-state index in [-0.39, 0.29) is 0 Å². The molecule has 2 nitrogen and oxygen atoms in total. The molecule has 0 aliphatic heterocycles. The molecule has 0 amide bonds. The molecule has 0 spiro atoms. The van der Waals surface area contributed by atoms with E-state index in [1.807, 2.05) is 18.2 Å². The van der Waals surface area contributed by atoms with Crippen LogP contribution in [0.2, 0.25) is 0 Å². The number of benzene rings is 2. The second kappa shape index (κ2) is 9.16. The molecule has 0 fully saturated rings. The molecule has 0 heterocycles. The number of methoxy groups -OCH3 is 1. The van der Waals surface area contributed by atoms with Gasteiger partial charge in [0.05, 0.1) is 7.11 Å². The zero-order valence-electron chi connectivity index (χ0n) is 13.6. The van der Waals surface area contributed by atoms with Gasteiger partial charge >= 0.3 is 0 Å². The average molecular weight is 392 g/mol. The van der Waals surface area contributed by atoms with Gasteiger partial charge in [-0.25, -0.2) is 4.31 Å². The van der Waals surface area contributed by atoms with Gasteiger partial charge in [0.25, 0.3) is 0 Å². The lowest BCUT2D eigenvalue weighted by atomic mass is 10.2. The monoisotopic (exact) mass is 391 g/mol. The smallest absolute Gasteiger partial charge is 0.118 e. The molecule has 122 valence electrons. The topological polar surface area (TPSA) is 12.5 Å². The highest BCUT2D eigenvalue weighted by Crippen LogP contribution is 2.31. The van der Waals surface area contributed by atoms with Crippen LogP contribution in [0.5, 0.6) is 5.75 Å². The Morgan fingerprint density at radius 2 is 1.87 bits per heavy atom. The van der Waals surface area contributed by atoms with Crippen molar-refractivity contribution >= 4 is 27.9 Å². The van der Waals surface area contributed by atoms with E-state index >= 15 is 0 Å². The third kappa shape index (κ3) is 5.72. The van der Waals surface area contributed by atoms with Crippen molar-refractivity contribution in [3.05, 3.63) is 70.7 Å². The number of ether oxygens (including phenoxy) is 1. The van der Waals surface area contributed by atoms with E-state index in [0.29, 0.717) is 0 Å². The second-order valence-corrected chi connectivity index (χ2v) is 7.26. The first-order chi connectivity index (χ1) is 11.1. The molecule has 0 aliphatic rings. The van der Waals surface area contributed by atoms with Crippen LogP contribution in [0, 0.1) is 0 Å². The predicted molar refractivity (Wildman–Crippen MR) is 103 cm³/mol. The Hall–Kier alpha value is -1.23. The van der Waals surface area contributed by atoms with E-state index in [1.54, 1.807) is 19.1 Å². The summed E-state index contributed by atoms with van der Waals surface area (Å²) in [6.07, 6.45) is 0.996. The van der Waals surface area contributed by atoms with E-state index < -0.39 is 0 Å². The third-order valence-electron chi connectivity index (χ3n) is 3.48. The van der Waals surface area contributed by atoms with Crippen molar-refractivity contribution in [1.82, 2.24) is 4.31 Å². The molecule has 2 aromatic carbocycles. The summed E-state index contributed by atoms with van der Waals surface area (Å²) in [5.74, 6) is 0.886. The quantitative estimate of drug-likeness (QED) is 0.408. The fourth-order valence-electron chi connectivity index (χ4n) is 2.07. The Kier molecular flexibility index (Phi) is 7.21. The molecule has 23 heavy (non-hydrogen) atoms. The van der Waals surface area contributed by atoms with Gasteiger partial charge in [-0.2, -0.15) is 0 Å². The average Bonchev–Trinajstić information content (AvgIpc) is 2.57. The maximum atomic E-state index is 5.23. The van der Waals surface area contributed by atoms with Gasteiger partial charge in [-0.15, -0.1) is 0 Å². The lowest BCUT2D eigenvalue weighted by molar-refractivity contribution is 0.414. The summed E-state index contributed by atoms with van der Waals surface area (Å²) in [6, 6.07) is 16.5. The highest BCUT2D eigenvalue weighted by atomic mass is 79.9. The van der Waals surface area contributed by atoms with Gasteiger partial charge in [-0.3, -0.25) is 0 Å². The zero-order chi connectivity index (χ0) is 16.7. The first kappa shape index (κ1) is 18.1. The van der Waals surface area contributed by atoms with Gasteiger partial charge in [-0.05, 0) is 64.1 Å². The third-order valence-corrected chi connectivity index (χ3v) is 5.51. The van der Waals surface area contributed by atoms with Gasteiger partial charge in [-0.1, -0.05) is 43.3 Å². The van der Waals surface area contributed by atoms with Gasteiger partial charge < -0.3 is 4.74 Å². The normalized spacial score (nSPS) is 10.8. The fourth-order valence-corrected chi connectivity index (χ4v) is 3.61. The first-order valence-electron chi connectivity index (χ1n) is 7.59. The van der Waals surface area contributed by atoms with E-state index in [1.165, 1.54) is 16.0 Å². The summed E-state index contributed by atoms with van der Waals surface area (Å²) in [6.45, 7) is 8.03. The molecule has 0 atom stereocenters. The Morgan fingerprint density at radius 1 is 1.17 bits per heavy atom. The number of rotatable bonds is 8. The van der Waals surface area contributed by atoms with Crippen LogP contribution in [0.4, 0.5) is 0 Å². The highest BCUT2D eigenvalue weighted by Gasteiger charge is 2.11. The van der Waals surface area contributed by atoms with Crippen LogP contribution in [0.15, 0.2) is 70.1 Å². The van der Waals surface area contributed by atoms with Crippen molar-refractivity contribution in [2.24, 2.45) is 0 Å². The Bertz CT molecular complexity index is 642. The van der Waals surface area contributed by atoms with Crippen molar-refractivity contribution in [3.8, 4) is 5.75 Å². The van der Waals surface area contributed by atoms with Crippen molar-refractivity contribution in [3.63, 3.8) is 0 Å². The zero-order valence-corrected chi connectivity index (χ0v) is 16.0. The van der Waals surface area contributed by atoms with Crippen LogP contribution in [0.25, 0.3) is 0 Å². The summed E-state index contributed by atoms with van der Waals surface area (Å²) in [5.41, 5.74) is 2.49. The molecule has 2 aromatic rings. The lowest BCUT2D eigenvalue weighted by Crippen LogP contribution is -2.18. The summed E-state index contributed by atoms with van der Waals surface area (Å²) >= 11 is 5.38. The number of halogens is 1. The van der Waals surface area contributed by atoms with Crippen molar-refractivity contribution in [1.29, 1.82) is 0 Å². The highest BCUT2D eigenvalue weighted by molar-refractivity contribution is 9.10. The van der Waals surface area contributed by atoms with E-state index in [9.17, 15) is 0 Å². The van der Waals surface area contributed by atoms with Crippen LogP contribution < -0.4 is 4.74 Å². The SMILES string of the molecule is C=C(CC)CN(Cc1ccc(OC)cc1)Sc1ccccc1Br. The maximum absolute atomic E-state index is 5.23. The molecule has 0 aliphatic carbocycles. The van der Waals surface area contributed by atoms with Crippen LogP contribution in [0.1, 0.15) is 18.9 Å². The Morgan fingerprint density at radius 3 is 2.48 bits per heavy atom. The van der Waals surface area contributed by atoms with Crippen LogP contribution >= 0.6 is 27.9 Å². The van der Waals surface area contributed by atoms with Crippen LogP contribution in [0.3, 0.4) is 0 Å². The molecule has 0 aromatic heterocycles. The summed E-state index contributed by atoms with van der Waals surface area (Å²) < 4.78 is 8.69. The maximum Gasteiger partial charge on any atom is 0.118 e. The molecule has 4 heteroatoms. The molecular weight excluding hydrogens is 370 g/mol. The molecule has 0 radical (unpaired) electrons. The molecule has 0 N–H and O–H groups in total. The van der Waals surface area contributed by atoms with Gasteiger partial charge in [0, 0.05) is 22.5 Å². The molecule has 2 rings (SSSR count). The largest absolute Gasteiger partial charge is 0.497 e. The minimum atomic E-state index is 0.856. The summed E-state index contributed by atoms with van der Waals surface area (Å²) in [5, 5.41) is 0. The second-order valence-electron chi connectivity index (χ2n) is 5.27. The molecular formula is C19H22BrNOS. The van der Waals surface area contributed by atoms with E-state index in [2.05, 4.69) is 64.1 Å². The van der Waals surface area contributed by atoms with Gasteiger partial charge in [0.15, 0.2) is 0 Å². The number of hydrogen-bond donors (Lipinski definition) is 0. The standard InChI is InChI=1S/C19H22BrNOS/c1-4-15(2)13-21(23-19-8-6-5-7-18(19)20)14-16-9-11-17(22-3)12-10-16/h5-12H,2,4,13-14H2,1,3H3. The molecule has 0 bridgehead atoms. The molecule has 0 saturated carbocycles. The van der Waals surface area contributed by atoms with Gasteiger partial charge in [0.1, 0.15) is 5.75 Å². The first-order valence-corrected chi connectivity index (χ1v) is 9.16. The fraction of sp³-hybridized carbons (Fsp3) is 0.263. The van der Waals surface area contributed by atoms with Crippen molar-refractivity contribution in [2.45, 2.75) is 24.8 Å². The lowest BCUT2D eigenvalue weighted by Gasteiger charge is -2.22. The molecule has 0 unspecified atom stereocenters. The van der Waals surface area contributed by atoms with E-state index in [4.69, 9.17) is 4.74 Å². The van der Waals surface area contributed by atoms with Crippen LogP contribution in [-0.2, 0) is 6.54 Å². The van der Waals surface area contributed by atoms with Crippen LogP contribution in [-0.4, -0.2) is 18.0 Å². The molecule has 0 saturated heterocycles. The Balaban J connectivity index is 2.12. The minimum absolute atomic E-state index is 0.856. The number of hydrogen-bond acceptors (Lipinski definition) is 3.